The van der Waals surface area contributed by atoms with Crippen molar-refractivity contribution in [3.05, 3.63) is 171 Å². The van der Waals surface area contributed by atoms with Crippen LogP contribution in [-0.2, 0) is 28.7 Å². The number of nitrogens with one attached hydrogen (secondary N) is 6. The second kappa shape index (κ2) is 36.0. The molecule has 4 saturated heterocycles. The van der Waals surface area contributed by atoms with E-state index in [-0.39, 0.29) is 85.2 Å². The molecule has 6 aromatic rings. The minimum absolute atomic E-state index is 0.0181. The van der Waals surface area contributed by atoms with Crippen LogP contribution in [0.5, 0.6) is 28.7 Å². The number of amides is 8. The van der Waals surface area contributed by atoms with Crippen molar-refractivity contribution in [1.29, 1.82) is 10.5 Å². The minimum atomic E-state index is -1.02. The predicted octanol–water partition coefficient (Wildman–Crippen LogP) is 12.1. The topological polar surface area (TPSA) is 331 Å². The average Bonchev–Trinajstić information content (AvgIpc) is 0.643. The lowest BCUT2D eigenvalue weighted by atomic mass is 9.30. The molecule has 0 radical (unpaired) electrons. The number of nitrogens with zero attached hydrogens (tertiary/aromatic N) is 5. The second-order valence-corrected chi connectivity index (χ2v) is 36.9. The number of carbonyl (C=O) groups excluding carboxylic acids is 8. The van der Waals surface area contributed by atoms with Gasteiger partial charge in [-0.25, -0.2) is 4.39 Å². The SMILES string of the molecule is Cc1cc(O[C@@H]2C(C)(C)[C@@H](NC(=O)c3ccc(N4CCC(O[C@H]5C[C@H](Oc6ccc(C(=O)N[C@H]7CCC(=O)NC7=O)c(F)c6)C5)CC4)cc3)C2(C)C2(C)[C@@H](NC(=O)c3ccc(N4CCC(CN5CCOCCCCCOc6ccc(C(=O)NC7CCC(=O)NC7=O)cc6O[C@H]6C[C@H]5C6)CC4)cc3)C(C)(C)[C@@H]2Oc2cc(C)c(C#N)c(C)c2)cc(C)c1C#N. The van der Waals surface area contributed by atoms with Gasteiger partial charge < -0.3 is 64.2 Å². The van der Waals surface area contributed by atoms with Gasteiger partial charge >= 0.3 is 0 Å². The summed E-state index contributed by atoms with van der Waals surface area (Å²) in [6, 6.07) is 34.3. The molecule has 16 rings (SSSR count). The third-order valence-electron chi connectivity index (χ3n) is 27.9. The lowest BCUT2D eigenvalue weighted by Crippen LogP contribution is -2.90. The van der Waals surface area contributed by atoms with Crippen LogP contribution < -0.4 is 65.4 Å². The Morgan fingerprint density at radius 3 is 1.50 bits per heavy atom. The molecule has 10 aliphatic rings. The van der Waals surface area contributed by atoms with Crippen LogP contribution in [0.2, 0.25) is 0 Å². The third kappa shape index (κ3) is 18.0. The highest BCUT2D eigenvalue weighted by atomic mass is 19.1. The van der Waals surface area contributed by atoms with Gasteiger partial charge in [0.1, 0.15) is 59.6 Å². The zero-order valence-corrected chi connectivity index (χ0v) is 72.0. The summed E-state index contributed by atoms with van der Waals surface area (Å²) in [6.45, 7) is 26.9. The van der Waals surface area contributed by atoms with Gasteiger partial charge in [0.15, 0.2) is 11.5 Å². The Labute approximate surface area is 718 Å². The first-order valence-electron chi connectivity index (χ1n) is 43.7. The van der Waals surface area contributed by atoms with Gasteiger partial charge in [-0.3, -0.25) is 53.9 Å². The molecular weight excluding hydrogens is 1570 g/mol. The zero-order chi connectivity index (χ0) is 87.0. The Hall–Kier alpha value is -11.1. The summed E-state index contributed by atoms with van der Waals surface area (Å²) in [7, 11) is 0. The van der Waals surface area contributed by atoms with Crippen molar-refractivity contribution in [1.82, 2.24) is 36.8 Å². The van der Waals surface area contributed by atoms with Gasteiger partial charge in [0, 0.05) is 158 Å². The average molecular weight is 1680 g/mol. The number of hydrogen-bond donors (Lipinski definition) is 6. The number of ether oxygens (including phenoxy) is 7. The summed E-state index contributed by atoms with van der Waals surface area (Å²) < 4.78 is 61.7. The summed E-state index contributed by atoms with van der Waals surface area (Å²) in [5.74, 6) is -1.54. The molecule has 4 saturated carbocycles. The van der Waals surface area contributed by atoms with Gasteiger partial charge in [-0.15, -0.1) is 0 Å². The number of rotatable bonds is 21. The van der Waals surface area contributed by atoms with Gasteiger partial charge in [0.25, 0.3) is 23.6 Å². The Balaban J connectivity index is 0.603. The predicted molar refractivity (Wildman–Crippen MR) is 457 cm³/mol. The highest BCUT2D eigenvalue weighted by Gasteiger charge is 2.83. The highest BCUT2D eigenvalue weighted by molar-refractivity contribution is 6.05. The van der Waals surface area contributed by atoms with Gasteiger partial charge in [-0.05, 0) is 217 Å². The normalized spacial score (nSPS) is 27.3. The maximum atomic E-state index is 15.4. The fourth-order valence-corrected chi connectivity index (χ4v) is 21.0. The van der Waals surface area contributed by atoms with Crippen LogP contribution in [0, 0.1) is 83.8 Å². The molecule has 0 aromatic heterocycles. The number of piperidine rings is 4. The van der Waals surface area contributed by atoms with E-state index in [0.717, 1.165) is 137 Å². The van der Waals surface area contributed by atoms with E-state index in [9.17, 15) is 39.3 Å². The van der Waals surface area contributed by atoms with Gasteiger partial charge in [-0.1, -0.05) is 41.5 Å². The van der Waals surface area contributed by atoms with Crippen molar-refractivity contribution < 1.29 is 75.9 Å². The number of benzene rings is 6. The van der Waals surface area contributed by atoms with Crippen molar-refractivity contribution in [3.63, 3.8) is 0 Å². The Kier molecular flexibility index (Phi) is 25.4. The van der Waals surface area contributed by atoms with E-state index in [4.69, 9.17) is 33.2 Å². The van der Waals surface area contributed by atoms with Crippen LogP contribution in [-0.4, -0.2) is 178 Å². The molecule has 6 heterocycles. The van der Waals surface area contributed by atoms with Gasteiger partial charge in [0.2, 0.25) is 23.6 Å². The van der Waals surface area contributed by atoms with Gasteiger partial charge in [0.05, 0.1) is 54.3 Å². The van der Waals surface area contributed by atoms with E-state index in [0.29, 0.717) is 89.4 Å². The molecule has 650 valence electrons. The lowest BCUT2D eigenvalue weighted by molar-refractivity contribution is -0.317. The molecule has 8 amide bonds. The first-order chi connectivity index (χ1) is 58.9. The summed E-state index contributed by atoms with van der Waals surface area (Å²) >= 11 is 0. The lowest BCUT2D eigenvalue weighted by Gasteiger charge is -2.78. The quantitative estimate of drug-likeness (QED) is 0.0365. The summed E-state index contributed by atoms with van der Waals surface area (Å²) in [5, 5.41) is 37.4. The van der Waals surface area contributed by atoms with E-state index in [2.05, 4.69) is 100 Å². The van der Waals surface area contributed by atoms with Crippen LogP contribution in [0.1, 0.15) is 213 Å². The Bertz CT molecular complexity index is 5070. The van der Waals surface area contributed by atoms with Crippen LogP contribution >= 0.6 is 0 Å². The first-order valence-corrected chi connectivity index (χ1v) is 43.7. The van der Waals surface area contributed by atoms with E-state index in [1.54, 1.807) is 18.2 Å². The number of aryl methyl sites for hydroxylation is 4. The maximum Gasteiger partial charge on any atom is 0.254 e. The number of imide groups is 2. The molecule has 6 aliphatic heterocycles. The molecule has 2 bridgehead atoms. The fraction of sp³-hybridized carbons (Fsp3) is 0.521. The molecule has 8 atom stereocenters. The van der Waals surface area contributed by atoms with Crippen LogP contribution in [0.4, 0.5) is 15.8 Å². The van der Waals surface area contributed by atoms with Crippen molar-refractivity contribution in [3.8, 4) is 40.9 Å². The molecule has 26 nitrogen and oxygen atoms in total. The number of hydrogen-bond acceptors (Lipinski definition) is 20. The molecule has 123 heavy (non-hydrogen) atoms. The number of anilines is 2. The number of carbonyl (C=O) groups is 8. The molecule has 6 N–H and O–H groups in total. The maximum absolute atomic E-state index is 15.4. The summed E-state index contributed by atoms with van der Waals surface area (Å²) in [4.78, 5) is 112. The summed E-state index contributed by atoms with van der Waals surface area (Å²) in [5.41, 5.74) is 3.67. The van der Waals surface area contributed by atoms with E-state index >= 15 is 14.0 Å². The molecule has 3 unspecified atom stereocenters. The molecule has 27 heteroatoms. The Morgan fingerprint density at radius 1 is 0.504 bits per heavy atom. The first kappa shape index (κ1) is 86.8. The van der Waals surface area contributed by atoms with Crippen molar-refractivity contribution in [2.24, 2.45) is 27.6 Å². The molecular formula is C96H114FN11O15. The van der Waals surface area contributed by atoms with E-state index < -0.39 is 93.4 Å². The van der Waals surface area contributed by atoms with Crippen LogP contribution in [0.25, 0.3) is 0 Å². The fourth-order valence-electron chi connectivity index (χ4n) is 21.0. The van der Waals surface area contributed by atoms with E-state index in [1.807, 2.05) is 100 Å². The molecule has 6 aromatic carbocycles. The van der Waals surface area contributed by atoms with Crippen molar-refractivity contribution >= 4 is 58.6 Å². The van der Waals surface area contributed by atoms with Gasteiger partial charge in [-0.2, -0.15) is 10.5 Å². The van der Waals surface area contributed by atoms with Crippen LogP contribution in [0.15, 0.2) is 109 Å². The van der Waals surface area contributed by atoms with Crippen molar-refractivity contribution in [2.75, 3.05) is 68.9 Å². The minimum Gasteiger partial charge on any atom is -0.490 e. The van der Waals surface area contributed by atoms with Crippen molar-refractivity contribution in [2.45, 2.75) is 232 Å². The third-order valence-corrected chi connectivity index (χ3v) is 27.9. The smallest absolute Gasteiger partial charge is 0.254 e. The van der Waals surface area contributed by atoms with E-state index in [1.165, 1.54) is 12.1 Å². The number of nitriles is 2. The molecule has 4 aliphatic carbocycles. The molecule has 8 fully saturated rings. The second-order valence-electron chi connectivity index (χ2n) is 36.9. The van der Waals surface area contributed by atoms with Crippen LogP contribution in [0.3, 0.4) is 0 Å². The Morgan fingerprint density at radius 2 is 0.992 bits per heavy atom. The number of halogens is 1. The standard InChI is InChI=1S/C96H114FN11O15/c1-55-42-68(43-56(2)74(55)52-98)122-91-93(5,6)89(104-83(111)60-14-19-63(20-15-60)106-34-30-59(31-35-106)54-108-38-41-117-39-12-11-13-40-118-79-27-18-62(46-80(79)121-70-47-65(108)48-70)85(113)100-77-25-28-81(109)102-87(77)115)95(91,9)96(10)90(94(7,8)92(96)123-69-44-57(3)75(53-99)58(4)45-69)105-84(112)61-16-21-64(22-17-61)107-36-32-66(33-37-107)119-71-49-72(50-71)120-67-23-24-73(76(97)51-67)86(114)101-78-26-29-82(110)103-88(78)116/h14-24,27,42-46,51,59,65-66,70-72,77-78,89-92H,11-13,25-26,28-41,47-50,54H2,1-10H3,(H,100,113)(H,101,114)(H,104,111)(H,105,112)(H,102,109,115)(H,103,110,116)/t65-,70-,71-,72-,77?,78-,89-,90+,91-,92+,95?,96?/m0/s1. The highest BCUT2D eigenvalue weighted by Crippen LogP contribution is 2.73. The summed E-state index contributed by atoms with van der Waals surface area (Å²) in [6.07, 6.45) is 8.01. The number of fused-ring (bicyclic) bond motifs is 9. The monoisotopic (exact) mass is 1680 g/mol. The zero-order valence-electron chi connectivity index (χ0n) is 72.0. The molecule has 0 spiro atoms. The largest absolute Gasteiger partial charge is 0.490 e.